The van der Waals surface area contributed by atoms with Crippen LogP contribution < -0.4 is 14.4 Å². The third kappa shape index (κ3) is 5.29. The number of methoxy groups -OCH3 is 1. The third-order valence-electron chi connectivity index (χ3n) is 7.00. The van der Waals surface area contributed by atoms with E-state index < -0.39 is 11.8 Å². The number of carboxylic acid groups (broad SMARTS) is 1. The number of aromatic nitrogens is 3. The van der Waals surface area contributed by atoms with Crippen molar-refractivity contribution in [1.82, 2.24) is 15.0 Å². The fourth-order valence-corrected chi connectivity index (χ4v) is 5.00. The van der Waals surface area contributed by atoms with E-state index in [4.69, 9.17) is 9.47 Å². The van der Waals surface area contributed by atoms with Gasteiger partial charge < -0.3 is 19.5 Å². The second kappa shape index (κ2) is 10.6. The molecule has 1 aliphatic carbocycles. The molecule has 8 nitrogen and oxygen atoms in total. The minimum Gasteiger partial charge on any atom is -0.497 e. The smallest absolute Gasteiger partial charge is 0.303 e. The van der Waals surface area contributed by atoms with Crippen LogP contribution in [0.5, 0.6) is 11.5 Å². The molecule has 3 aromatic rings. The first-order valence-electron chi connectivity index (χ1n) is 12.5. The van der Waals surface area contributed by atoms with Crippen molar-refractivity contribution in [2.75, 3.05) is 25.1 Å². The molecule has 1 aliphatic heterocycles. The van der Waals surface area contributed by atoms with E-state index in [0.29, 0.717) is 23.1 Å². The van der Waals surface area contributed by atoms with Crippen LogP contribution >= 0.6 is 0 Å². The number of aliphatic carboxylic acids is 1. The van der Waals surface area contributed by atoms with Gasteiger partial charge in [0.15, 0.2) is 5.82 Å². The minimum atomic E-state index is -0.786. The zero-order chi connectivity index (χ0) is 25.1. The molecule has 2 aromatic carbocycles. The van der Waals surface area contributed by atoms with E-state index in [0.717, 1.165) is 56.6 Å². The van der Waals surface area contributed by atoms with E-state index in [1.165, 1.54) is 10.7 Å². The highest BCUT2D eigenvalue weighted by atomic mass is 19.1. The Hall–Kier alpha value is -3.62. The summed E-state index contributed by atoms with van der Waals surface area (Å²) >= 11 is 0. The molecule has 1 unspecified atom stereocenters. The van der Waals surface area contributed by atoms with Crippen molar-refractivity contribution in [3.8, 4) is 17.2 Å². The Morgan fingerprint density at radius 2 is 1.94 bits per heavy atom. The highest BCUT2D eigenvalue weighted by molar-refractivity contribution is 5.68. The molecule has 1 N–H and O–H groups in total. The van der Waals surface area contributed by atoms with E-state index in [2.05, 4.69) is 15.2 Å². The van der Waals surface area contributed by atoms with Crippen LogP contribution in [0.15, 0.2) is 42.5 Å². The van der Waals surface area contributed by atoms with Gasteiger partial charge in [-0.3, -0.25) is 4.79 Å². The van der Waals surface area contributed by atoms with Crippen molar-refractivity contribution >= 4 is 11.8 Å². The molecule has 36 heavy (non-hydrogen) atoms. The highest BCUT2D eigenvalue weighted by Gasteiger charge is 2.34. The number of nitrogens with zero attached hydrogens (tertiary/aromatic N) is 4. The van der Waals surface area contributed by atoms with Crippen molar-refractivity contribution in [2.24, 2.45) is 5.92 Å². The Kier molecular flexibility index (Phi) is 7.06. The number of carboxylic acids is 1. The lowest BCUT2D eigenvalue weighted by molar-refractivity contribution is -0.137. The number of hydrogen-bond acceptors (Lipinski definition) is 6. The zero-order valence-electron chi connectivity index (χ0n) is 20.4. The van der Waals surface area contributed by atoms with Crippen molar-refractivity contribution in [1.29, 1.82) is 0 Å². The van der Waals surface area contributed by atoms with Gasteiger partial charge in [-0.25, -0.2) is 4.39 Å². The molecule has 2 fully saturated rings. The molecule has 190 valence electrons. The molecule has 0 amide bonds. The highest BCUT2D eigenvalue weighted by Crippen LogP contribution is 2.45. The van der Waals surface area contributed by atoms with Crippen LogP contribution in [0.2, 0.25) is 0 Å². The van der Waals surface area contributed by atoms with Gasteiger partial charge in [0.05, 0.1) is 13.5 Å². The summed E-state index contributed by atoms with van der Waals surface area (Å²) in [6.07, 6.45) is 5.48. The van der Waals surface area contributed by atoms with Gasteiger partial charge in [0, 0.05) is 19.2 Å². The molecule has 2 heterocycles. The summed E-state index contributed by atoms with van der Waals surface area (Å²) in [6.45, 7) is 1.83. The van der Waals surface area contributed by atoms with Crippen LogP contribution in [0.4, 0.5) is 10.2 Å². The summed E-state index contributed by atoms with van der Waals surface area (Å²) in [7, 11) is 1.54. The summed E-state index contributed by atoms with van der Waals surface area (Å²) < 4.78 is 27.8. The third-order valence-corrected chi connectivity index (χ3v) is 7.00. The molecule has 5 rings (SSSR count). The molecule has 0 spiro atoms. The fraction of sp³-hybridized carbons (Fsp3) is 0.444. The quantitative estimate of drug-likeness (QED) is 0.426. The van der Waals surface area contributed by atoms with Crippen LogP contribution in [0.1, 0.15) is 55.7 Å². The van der Waals surface area contributed by atoms with Crippen LogP contribution in [0, 0.1) is 11.7 Å². The number of ether oxygens (including phenoxy) is 2. The molecular weight excluding hydrogens is 463 g/mol. The summed E-state index contributed by atoms with van der Waals surface area (Å²) in [4.78, 5) is 13.6. The first kappa shape index (κ1) is 24.1. The summed E-state index contributed by atoms with van der Waals surface area (Å²) in [5.74, 6) is 1.11. The largest absolute Gasteiger partial charge is 0.497 e. The Balaban J connectivity index is 1.42. The van der Waals surface area contributed by atoms with Crippen LogP contribution in [-0.4, -0.2) is 46.3 Å². The van der Waals surface area contributed by atoms with Crippen LogP contribution in [-0.2, 0) is 11.4 Å². The Bertz CT molecular complexity index is 1220. The fourth-order valence-electron chi connectivity index (χ4n) is 5.00. The lowest BCUT2D eigenvalue weighted by Gasteiger charge is -2.29. The van der Waals surface area contributed by atoms with Crippen LogP contribution in [0.25, 0.3) is 5.69 Å². The van der Waals surface area contributed by atoms with Gasteiger partial charge in [-0.05, 0) is 73.8 Å². The SMILES string of the molecule is COc1ccc(F)c(-n2nnc(COc3cccc(C(CC(=O)O)C4CC4)c3)c2N2CCCCC2)c1. The molecule has 1 aromatic heterocycles. The number of rotatable bonds is 10. The van der Waals surface area contributed by atoms with Gasteiger partial charge in [0.2, 0.25) is 0 Å². The van der Waals surface area contributed by atoms with Gasteiger partial charge in [0.1, 0.15) is 35.3 Å². The van der Waals surface area contributed by atoms with Gasteiger partial charge in [-0.15, -0.1) is 5.10 Å². The van der Waals surface area contributed by atoms with E-state index in [-0.39, 0.29) is 24.6 Å². The van der Waals surface area contributed by atoms with Crippen molar-refractivity contribution < 1.29 is 23.8 Å². The molecule has 0 radical (unpaired) electrons. The lowest BCUT2D eigenvalue weighted by Crippen LogP contribution is -2.32. The monoisotopic (exact) mass is 494 g/mol. The average Bonchev–Trinajstić information content (AvgIpc) is 3.65. The topological polar surface area (TPSA) is 89.7 Å². The Morgan fingerprint density at radius 1 is 1.14 bits per heavy atom. The molecular formula is C27H31FN4O4. The average molecular weight is 495 g/mol. The van der Waals surface area contributed by atoms with E-state index in [1.54, 1.807) is 19.2 Å². The van der Waals surface area contributed by atoms with Crippen molar-refractivity contribution in [2.45, 2.75) is 51.0 Å². The summed E-state index contributed by atoms with van der Waals surface area (Å²) in [5.41, 5.74) is 1.88. The van der Waals surface area contributed by atoms with Gasteiger partial charge in [0.25, 0.3) is 0 Å². The first-order chi connectivity index (χ1) is 17.5. The summed E-state index contributed by atoms with van der Waals surface area (Å²) in [5, 5.41) is 18.0. The number of benzene rings is 2. The normalized spacial score (nSPS) is 16.6. The minimum absolute atomic E-state index is 0.00753. The first-order valence-corrected chi connectivity index (χ1v) is 12.5. The maximum Gasteiger partial charge on any atom is 0.303 e. The maximum absolute atomic E-state index is 14.8. The second-order valence-corrected chi connectivity index (χ2v) is 9.54. The number of halogens is 1. The van der Waals surface area contributed by atoms with Crippen LogP contribution in [0.3, 0.4) is 0 Å². The number of anilines is 1. The predicted molar refractivity (Wildman–Crippen MR) is 132 cm³/mol. The number of carbonyl (C=O) groups is 1. The zero-order valence-corrected chi connectivity index (χ0v) is 20.4. The van der Waals surface area contributed by atoms with E-state index in [1.807, 2.05) is 24.3 Å². The molecule has 1 atom stereocenters. The predicted octanol–water partition coefficient (Wildman–Crippen LogP) is 4.95. The molecule has 1 saturated heterocycles. The Labute approximate surface area is 209 Å². The van der Waals surface area contributed by atoms with E-state index >= 15 is 0 Å². The van der Waals surface area contributed by atoms with Gasteiger partial charge >= 0.3 is 5.97 Å². The van der Waals surface area contributed by atoms with Gasteiger partial charge in [-0.2, -0.15) is 4.68 Å². The lowest BCUT2D eigenvalue weighted by atomic mass is 9.91. The van der Waals surface area contributed by atoms with Crippen molar-refractivity contribution in [3.63, 3.8) is 0 Å². The Morgan fingerprint density at radius 3 is 2.67 bits per heavy atom. The van der Waals surface area contributed by atoms with E-state index in [9.17, 15) is 14.3 Å². The maximum atomic E-state index is 14.8. The van der Waals surface area contributed by atoms with Crippen molar-refractivity contribution in [3.05, 3.63) is 59.5 Å². The van der Waals surface area contributed by atoms with Gasteiger partial charge in [-0.1, -0.05) is 17.3 Å². The molecule has 9 heteroatoms. The number of hydrogen-bond donors (Lipinski definition) is 1. The molecule has 2 aliphatic rings. The molecule has 0 bridgehead atoms. The molecule has 1 saturated carbocycles. The standard InChI is InChI=1S/C27H31FN4O4/c1-35-20-10-11-23(28)25(15-20)32-27(31-12-3-2-4-13-31)24(29-30-32)17-36-21-7-5-6-19(14-21)22(16-26(33)34)18-8-9-18/h5-7,10-11,14-15,18,22H,2-4,8-9,12-13,16-17H2,1H3,(H,33,34). The number of piperidine rings is 1. The second-order valence-electron chi connectivity index (χ2n) is 9.54. The summed E-state index contributed by atoms with van der Waals surface area (Å²) in [6, 6.07) is 12.2.